The fourth-order valence-corrected chi connectivity index (χ4v) is 5.89. The lowest BCUT2D eigenvalue weighted by Crippen LogP contribution is -2.46. The van der Waals surface area contributed by atoms with E-state index in [0.717, 1.165) is 18.4 Å². The summed E-state index contributed by atoms with van der Waals surface area (Å²) in [6.07, 6.45) is 4.50. The number of nitrogens with zero attached hydrogens (tertiary/aromatic N) is 3. The van der Waals surface area contributed by atoms with Crippen LogP contribution in [0.25, 0.3) is 0 Å². The first-order valence-electron chi connectivity index (χ1n) is 13.0. The average molecular weight is 548 g/mol. The topological polar surface area (TPSA) is 62.7 Å². The Morgan fingerprint density at radius 2 is 1.84 bits per heavy atom. The zero-order chi connectivity index (χ0) is 26.3. The Bertz CT molecular complexity index is 1170. The van der Waals surface area contributed by atoms with Crippen molar-refractivity contribution in [1.82, 2.24) is 14.8 Å². The summed E-state index contributed by atoms with van der Waals surface area (Å²) >= 11 is 11.9. The second kappa shape index (κ2) is 10.4. The van der Waals surface area contributed by atoms with Crippen LogP contribution in [0.5, 0.6) is 5.88 Å². The van der Waals surface area contributed by atoms with Gasteiger partial charge in [0.2, 0.25) is 17.7 Å². The second-order valence-electron chi connectivity index (χ2n) is 11.0. The highest BCUT2D eigenvalue weighted by atomic mass is 35.5. The van der Waals surface area contributed by atoms with Crippen molar-refractivity contribution in [3.05, 3.63) is 58.0 Å². The predicted molar refractivity (Wildman–Crippen MR) is 140 cm³/mol. The molecule has 1 aliphatic carbocycles. The minimum atomic E-state index is -0.475. The van der Waals surface area contributed by atoms with E-state index in [1.165, 1.54) is 12.3 Å². The average Bonchev–Trinajstić information content (AvgIpc) is 3.49. The molecule has 6 nitrogen and oxygen atoms in total. The first kappa shape index (κ1) is 26.2. The Morgan fingerprint density at radius 3 is 2.46 bits per heavy atom. The van der Waals surface area contributed by atoms with E-state index in [0.29, 0.717) is 49.9 Å². The van der Waals surface area contributed by atoms with E-state index in [4.69, 9.17) is 27.9 Å². The second-order valence-corrected chi connectivity index (χ2v) is 11.8. The number of likely N-dealkylation sites (tertiary alicyclic amines) is 2. The molecule has 2 saturated heterocycles. The zero-order valence-corrected chi connectivity index (χ0v) is 22.6. The molecule has 0 bridgehead atoms. The summed E-state index contributed by atoms with van der Waals surface area (Å²) in [5, 5.41) is 0.591. The van der Waals surface area contributed by atoms with Gasteiger partial charge in [-0.1, -0.05) is 36.2 Å². The quantitative estimate of drug-likeness (QED) is 0.473. The van der Waals surface area contributed by atoms with Gasteiger partial charge in [-0.3, -0.25) is 9.59 Å². The Kier molecular flexibility index (Phi) is 7.38. The first-order chi connectivity index (χ1) is 17.6. The van der Waals surface area contributed by atoms with Crippen LogP contribution in [0, 0.1) is 23.1 Å². The fourth-order valence-electron chi connectivity index (χ4n) is 5.66. The molecule has 3 atom stereocenters. The summed E-state index contributed by atoms with van der Waals surface area (Å²) in [6.45, 7) is 6.20. The van der Waals surface area contributed by atoms with E-state index < -0.39 is 5.82 Å². The van der Waals surface area contributed by atoms with Crippen molar-refractivity contribution in [2.45, 2.75) is 51.6 Å². The Hall–Kier alpha value is -2.38. The minimum absolute atomic E-state index is 0.0708. The molecule has 5 rings (SSSR count). The normalized spacial score (nSPS) is 24.1. The van der Waals surface area contributed by atoms with Crippen LogP contribution in [0.2, 0.25) is 10.0 Å². The van der Waals surface area contributed by atoms with Crippen LogP contribution < -0.4 is 4.74 Å². The molecule has 37 heavy (non-hydrogen) atoms. The van der Waals surface area contributed by atoms with Gasteiger partial charge in [0, 0.05) is 61.6 Å². The van der Waals surface area contributed by atoms with Crippen LogP contribution in [-0.4, -0.2) is 58.9 Å². The maximum Gasteiger partial charge on any atom is 0.228 e. The number of piperidine rings is 1. The molecular formula is C28H32Cl2FN3O3. The van der Waals surface area contributed by atoms with E-state index in [2.05, 4.69) is 4.98 Å². The number of aromatic nitrogens is 1. The largest absolute Gasteiger partial charge is 0.474 e. The summed E-state index contributed by atoms with van der Waals surface area (Å²) in [6, 6.07) is 8.28. The summed E-state index contributed by atoms with van der Waals surface area (Å²) < 4.78 is 20.5. The lowest BCUT2D eigenvalue weighted by atomic mass is 9.85. The molecule has 3 fully saturated rings. The van der Waals surface area contributed by atoms with Gasteiger partial charge in [0.1, 0.15) is 11.9 Å². The molecule has 2 aromatic rings. The van der Waals surface area contributed by atoms with Gasteiger partial charge in [-0.15, -0.1) is 0 Å². The van der Waals surface area contributed by atoms with Crippen LogP contribution in [0.1, 0.15) is 51.0 Å². The molecule has 0 N–H and O–H groups in total. The number of halogens is 3. The smallest absolute Gasteiger partial charge is 0.228 e. The number of amides is 2. The number of benzene rings is 1. The molecule has 198 valence electrons. The van der Waals surface area contributed by atoms with Crippen molar-refractivity contribution in [1.29, 1.82) is 0 Å². The minimum Gasteiger partial charge on any atom is -0.474 e. The van der Waals surface area contributed by atoms with Gasteiger partial charge in [-0.05, 0) is 56.4 Å². The van der Waals surface area contributed by atoms with Crippen molar-refractivity contribution >= 4 is 35.0 Å². The third-order valence-electron chi connectivity index (χ3n) is 8.31. The number of carbonyl (C=O) groups excluding carboxylic acids is 2. The third kappa shape index (κ3) is 5.58. The van der Waals surface area contributed by atoms with E-state index in [1.54, 1.807) is 18.2 Å². The number of hydrogen-bond acceptors (Lipinski definition) is 4. The summed E-state index contributed by atoms with van der Waals surface area (Å²) in [4.78, 5) is 34.4. The number of rotatable bonds is 6. The summed E-state index contributed by atoms with van der Waals surface area (Å²) in [5.41, 5.74) is 0.606. The van der Waals surface area contributed by atoms with Gasteiger partial charge in [0.15, 0.2) is 0 Å². The lowest BCUT2D eigenvalue weighted by Gasteiger charge is -2.34. The molecule has 0 radical (unpaired) electrons. The molecule has 1 aromatic heterocycles. The third-order valence-corrected chi connectivity index (χ3v) is 8.84. The first-order valence-corrected chi connectivity index (χ1v) is 13.7. The predicted octanol–water partition coefficient (Wildman–Crippen LogP) is 5.58. The highest BCUT2D eigenvalue weighted by Crippen LogP contribution is 2.47. The van der Waals surface area contributed by atoms with Crippen LogP contribution >= 0.6 is 23.2 Å². The SMILES string of the molecule is C[C@@H](Oc1ccc(Cl)cn1)[C@H]1CN(C(=O)C2CCN(C(=O)C3(C)CC3)CC2)C[C@@H]1c1ccc(Cl)c(F)c1. The molecule has 1 aromatic carbocycles. The molecule has 2 amide bonds. The Morgan fingerprint density at radius 1 is 1.11 bits per heavy atom. The van der Waals surface area contributed by atoms with Gasteiger partial charge in [0.25, 0.3) is 0 Å². The molecule has 0 unspecified atom stereocenters. The molecule has 1 saturated carbocycles. The Labute approximate surface area is 227 Å². The monoisotopic (exact) mass is 547 g/mol. The number of pyridine rings is 1. The standard InChI is InChI=1S/C28H32Cl2FN3O3/c1-17(37-25-6-4-20(29)14-32-25)21-15-34(16-22(21)19-3-5-23(30)24(31)13-19)26(35)18-7-11-33(12-8-18)27(36)28(2)9-10-28/h3-6,13-14,17-18,21-22H,7-12,15-16H2,1-2H3/t17-,21-,22-/m1/s1. The van der Waals surface area contributed by atoms with Crippen LogP contribution in [0.3, 0.4) is 0 Å². The van der Waals surface area contributed by atoms with Gasteiger partial charge in [0.05, 0.1) is 10.0 Å². The van der Waals surface area contributed by atoms with Crippen LogP contribution in [0.4, 0.5) is 4.39 Å². The van der Waals surface area contributed by atoms with Crippen molar-refractivity contribution in [3.8, 4) is 5.88 Å². The molecule has 3 aliphatic rings. The van der Waals surface area contributed by atoms with Gasteiger partial charge in [-0.25, -0.2) is 9.37 Å². The van der Waals surface area contributed by atoms with Crippen molar-refractivity contribution in [2.24, 2.45) is 17.3 Å². The van der Waals surface area contributed by atoms with Gasteiger partial charge < -0.3 is 14.5 Å². The van der Waals surface area contributed by atoms with Crippen molar-refractivity contribution in [3.63, 3.8) is 0 Å². The number of ether oxygens (including phenoxy) is 1. The highest BCUT2D eigenvalue weighted by molar-refractivity contribution is 6.30. The zero-order valence-electron chi connectivity index (χ0n) is 21.1. The molecule has 2 aliphatic heterocycles. The van der Waals surface area contributed by atoms with E-state index >= 15 is 0 Å². The van der Waals surface area contributed by atoms with Gasteiger partial charge in [-0.2, -0.15) is 0 Å². The molecule has 9 heteroatoms. The maximum atomic E-state index is 14.4. The maximum absolute atomic E-state index is 14.4. The fraction of sp³-hybridized carbons (Fsp3) is 0.536. The van der Waals surface area contributed by atoms with Crippen LogP contribution in [-0.2, 0) is 9.59 Å². The Balaban J connectivity index is 1.29. The van der Waals surface area contributed by atoms with Gasteiger partial charge >= 0.3 is 0 Å². The summed E-state index contributed by atoms with van der Waals surface area (Å²) in [7, 11) is 0. The van der Waals surface area contributed by atoms with E-state index in [1.807, 2.05) is 29.7 Å². The lowest BCUT2D eigenvalue weighted by molar-refractivity contribution is -0.142. The van der Waals surface area contributed by atoms with E-state index in [9.17, 15) is 14.0 Å². The van der Waals surface area contributed by atoms with Crippen LogP contribution in [0.15, 0.2) is 36.5 Å². The molecular weight excluding hydrogens is 516 g/mol. The molecule has 0 spiro atoms. The van der Waals surface area contributed by atoms with Crippen molar-refractivity contribution in [2.75, 3.05) is 26.2 Å². The summed E-state index contributed by atoms with van der Waals surface area (Å²) in [5.74, 6) is -0.00423. The number of carbonyl (C=O) groups is 2. The number of hydrogen-bond donors (Lipinski definition) is 0. The molecule has 3 heterocycles. The highest BCUT2D eigenvalue weighted by Gasteiger charge is 2.48. The van der Waals surface area contributed by atoms with E-state index in [-0.39, 0.29) is 46.1 Å². The van der Waals surface area contributed by atoms with Crippen molar-refractivity contribution < 1.29 is 18.7 Å².